The summed E-state index contributed by atoms with van der Waals surface area (Å²) in [7, 11) is 0. The predicted molar refractivity (Wildman–Crippen MR) is 118 cm³/mol. The van der Waals surface area contributed by atoms with Crippen molar-refractivity contribution < 1.29 is 18.3 Å². The molecule has 2 bridgehead atoms. The maximum atomic E-state index is 14.1. The Labute approximate surface area is 193 Å². The minimum absolute atomic E-state index is 0.0145. The summed E-state index contributed by atoms with van der Waals surface area (Å²) >= 11 is 0. The van der Waals surface area contributed by atoms with Crippen LogP contribution in [0.3, 0.4) is 0 Å². The molecule has 2 aliphatic heterocycles. The molecule has 6 rings (SSSR count). The molecule has 11 heteroatoms. The van der Waals surface area contributed by atoms with E-state index in [4.69, 9.17) is 0 Å². The van der Waals surface area contributed by atoms with Crippen LogP contribution in [0.25, 0.3) is 22.5 Å². The van der Waals surface area contributed by atoms with E-state index in [-0.39, 0.29) is 23.7 Å². The Hall–Kier alpha value is -3.21. The van der Waals surface area contributed by atoms with Crippen molar-refractivity contribution in [2.24, 2.45) is 5.92 Å². The van der Waals surface area contributed by atoms with Crippen molar-refractivity contribution in [3.63, 3.8) is 0 Å². The lowest BCUT2D eigenvalue weighted by atomic mass is 9.85. The molecule has 4 heterocycles. The average Bonchev–Trinajstić information content (AvgIpc) is 3.34. The summed E-state index contributed by atoms with van der Waals surface area (Å²) in [5.41, 5.74) is 2.00. The molecule has 1 aliphatic carbocycles. The minimum atomic E-state index is -4.30. The van der Waals surface area contributed by atoms with E-state index in [1.807, 2.05) is 11.0 Å². The second-order valence-electron chi connectivity index (χ2n) is 9.42. The Bertz CT molecular complexity index is 1160. The number of aromatic amines is 1. The number of anilines is 1. The van der Waals surface area contributed by atoms with Crippen molar-refractivity contribution in [3.05, 3.63) is 36.8 Å². The number of piperidine rings is 1. The fourth-order valence-corrected chi connectivity index (χ4v) is 5.56. The molecular formula is C23H24F3N7O. The largest absolute Gasteiger partial charge is 0.507 e. The van der Waals surface area contributed by atoms with Gasteiger partial charge < -0.3 is 15.3 Å². The van der Waals surface area contributed by atoms with Crippen LogP contribution >= 0.6 is 0 Å². The van der Waals surface area contributed by atoms with Crippen molar-refractivity contribution in [3.8, 4) is 28.3 Å². The lowest BCUT2D eigenvalue weighted by Crippen LogP contribution is -2.60. The Kier molecular flexibility index (Phi) is 4.98. The fraction of sp³-hybridized carbons (Fsp3) is 0.478. The smallest absolute Gasteiger partial charge is 0.395 e. The van der Waals surface area contributed by atoms with Gasteiger partial charge in [0.25, 0.3) is 0 Å². The molecule has 3 aliphatic rings. The highest BCUT2D eigenvalue weighted by Gasteiger charge is 2.57. The molecular weight excluding hydrogens is 447 g/mol. The van der Waals surface area contributed by atoms with Gasteiger partial charge in [-0.3, -0.25) is 5.10 Å². The number of phenols is 1. The summed E-state index contributed by atoms with van der Waals surface area (Å²) in [6.45, 7) is 0. The zero-order valence-electron chi connectivity index (χ0n) is 18.2. The van der Waals surface area contributed by atoms with E-state index in [0.29, 0.717) is 24.2 Å². The van der Waals surface area contributed by atoms with Crippen LogP contribution in [-0.4, -0.2) is 60.8 Å². The Morgan fingerprint density at radius 3 is 2.53 bits per heavy atom. The van der Waals surface area contributed by atoms with Crippen molar-refractivity contribution in [2.75, 3.05) is 4.90 Å². The fourth-order valence-electron chi connectivity index (χ4n) is 5.56. The van der Waals surface area contributed by atoms with Gasteiger partial charge in [-0.25, -0.2) is 4.98 Å². The molecule has 0 amide bonds. The molecule has 0 spiro atoms. The third-order valence-corrected chi connectivity index (χ3v) is 7.21. The van der Waals surface area contributed by atoms with Crippen LogP contribution in [0.2, 0.25) is 0 Å². The second-order valence-corrected chi connectivity index (χ2v) is 9.42. The Morgan fingerprint density at radius 1 is 1.03 bits per heavy atom. The van der Waals surface area contributed by atoms with Gasteiger partial charge in [0, 0.05) is 35.9 Å². The molecule has 3 N–H and O–H groups in total. The first-order valence-electron chi connectivity index (χ1n) is 11.5. The number of hydrogen-bond donors (Lipinski definition) is 3. The molecule has 3 fully saturated rings. The number of phenolic OH excluding ortho intramolecular Hbond substituents is 1. The monoisotopic (exact) mass is 471 g/mol. The normalized spacial score (nSPS) is 26.6. The van der Waals surface area contributed by atoms with E-state index in [1.165, 1.54) is 6.20 Å². The Morgan fingerprint density at radius 2 is 1.88 bits per heavy atom. The quantitative estimate of drug-likeness (QED) is 0.522. The molecule has 3 aromatic rings. The number of fused-ring (bicyclic) bond motifs is 2. The zero-order valence-corrected chi connectivity index (χ0v) is 18.2. The highest BCUT2D eigenvalue weighted by atomic mass is 19.4. The molecule has 0 unspecified atom stereocenters. The molecule has 178 valence electrons. The lowest BCUT2D eigenvalue weighted by molar-refractivity contribution is -0.191. The number of hydrogen-bond acceptors (Lipinski definition) is 7. The van der Waals surface area contributed by atoms with Gasteiger partial charge in [-0.1, -0.05) is 6.07 Å². The number of benzene rings is 1. The third kappa shape index (κ3) is 3.77. The van der Waals surface area contributed by atoms with Gasteiger partial charge in [0.15, 0.2) is 11.6 Å². The van der Waals surface area contributed by atoms with Gasteiger partial charge in [0.2, 0.25) is 0 Å². The maximum Gasteiger partial charge on any atom is 0.395 e. The van der Waals surface area contributed by atoms with Crippen molar-refractivity contribution in [1.82, 2.24) is 30.7 Å². The molecule has 2 saturated heterocycles. The molecule has 2 aromatic heterocycles. The highest BCUT2D eigenvalue weighted by molar-refractivity contribution is 5.72. The molecule has 1 aromatic carbocycles. The number of nitrogens with zero attached hydrogens (tertiary/aromatic N) is 5. The van der Waals surface area contributed by atoms with Crippen molar-refractivity contribution >= 4 is 5.82 Å². The van der Waals surface area contributed by atoms with E-state index in [1.54, 1.807) is 24.5 Å². The maximum absolute atomic E-state index is 14.1. The second kappa shape index (κ2) is 7.93. The van der Waals surface area contributed by atoms with Crippen molar-refractivity contribution in [1.29, 1.82) is 0 Å². The number of nitrogens with one attached hydrogen (secondary N) is 2. The van der Waals surface area contributed by atoms with E-state index < -0.39 is 24.2 Å². The van der Waals surface area contributed by atoms with Gasteiger partial charge in [0.05, 0.1) is 23.9 Å². The van der Waals surface area contributed by atoms with Crippen LogP contribution < -0.4 is 10.2 Å². The predicted octanol–water partition coefficient (Wildman–Crippen LogP) is 3.67. The SMILES string of the molecule is Oc1cc(-c2cn[nH]c2)ccc1-c1ncc(N(C2CC2)[C@@H]2C[C@H]3CC[C@@H](N3)[C@@H]2C(F)(F)F)nn1. The number of rotatable bonds is 5. The molecule has 34 heavy (non-hydrogen) atoms. The lowest BCUT2D eigenvalue weighted by Gasteiger charge is -2.44. The highest BCUT2D eigenvalue weighted by Crippen LogP contribution is 2.47. The summed E-state index contributed by atoms with van der Waals surface area (Å²) in [6.07, 6.45) is 3.97. The van der Waals surface area contributed by atoms with Crippen LogP contribution in [0.5, 0.6) is 5.75 Å². The van der Waals surface area contributed by atoms with Crippen LogP contribution in [-0.2, 0) is 0 Å². The summed E-state index contributed by atoms with van der Waals surface area (Å²) < 4.78 is 42.4. The first-order chi connectivity index (χ1) is 16.4. The van der Waals surface area contributed by atoms with Crippen LogP contribution in [0.4, 0.5) is 19.0 Å². The van der Waals surface area contributed by atoms with Crippen LogP contribution in [0, 0.1) is 5.92 Å². The van der Waals surface area contributed by atoms with Gasteiger partial charge in [-0.15, -0.1) is 10.2 Å². The van der Waals surface area contributed by atoms with Crippen LogP contribution in [0.15, 0.2) is 36.8 Å². The average molecular weight is 471 g/mol. The van der Waals surface area contributed by atoms with E-state index in [9.17, 15) is 18.3 Å². The number of aromatic nitrogens is 5. The first kappa shape index (κ1) is 21.3. The summed E-state index contributed by atoms with van der Waals surface area (Å²) in [5, 5.41) is 28.8. The molecule has 1 saturated carbocycles. The van der Waals surface area contributed by atoms with E-state index in [0.717, 1.165) is 30.4 Å². The van der Waals surface area contributed by atoms with E-state index in [2.05, 4.69) is 30.7 Å². The number of H-pyrrole nitrogens is 1. The van der Waals surface area contributed by atoms with Crippen molar-refractivity contribution in [2.45, 2.75) is 62.4 Å². The summed E-state index contributed by atoms with van der Waals surface area (Å²) in [6, 6.07) is 3.97. The topological polar surface area (TPSA) is 103 Å². The van der Waals surface area contributed by atoms with Gasteiger partial charge in [-0.05, 0) is 49.8 Å². The zero-order chi connectivity index (χ0) is 23.4. The first-order valence-corrected chi connectivity index (χ1v) is 11.5. The molecule has 4 atom stereocenters. The van der Waals surface area contributed by atoms with Gasteiger partial charge >= 0.3 is 6.18 Å². The minimum Gasteiger partial charge on any atom is -0.507 e. The number of halogens is 3. The van der Waals surface area contributed by atoms with Crippen LogP contribution in [0.1, 0.15) is 32.1 Å². The third-order valence-electron chi connectivity index (χ3n) is 7.21. The summed E-state index contributed by atoms with van der Waals surface area (Å²) in [5.74, 6) is -0.887. The number of aromatic hydroxyl groups is 1. The standard InChI is InChI=1S/C23H24F3N7O/c24-23(25,26)21-17-6-2-14(30-17)8-18(21)33(15-3-4-15)20-11-27-22(32-31-20)16-5-1-12(7-19(16)34)13-9-28-29-10-13/h1,5,7,9-11,14-15,17-18,21,30,34H,2-4,6,8H2,(H,28,29)/t14-,17-,18-,21+/m1/s1. The van der Waals surface area contributed by atoms with E-state index >= 15 is 0 Å². The van der Waals surface area contributed by atoms with Gasteiger partial charge in [0.1, 0.15) is 5.75 Å². The number of alkyl halides is 3. The molecule has 0 radical (unpaired) electrons. The summed E-state index contributed by atoms with van der Waals surface area (Å²) in [4.78, 5) is 6.19. The molecule has 8 nitrogen and oxygen atoms in total. The van der Waals surface area contributed by atoms with Gasteiger partial charge in [-0.2, -0.15) is 18.3 Å². The Balaban J connectivity index is 1.30.